The standard InChI is InChI=1S/C25H26N4O2/c1-25(2,3)31-24(30)29-9-7-20(8-10-29)22-16-28-23-21(22)13-19(15-27-23)12-17-5-4-6-18(11-17)14-26/h4-7,11,13,15-16H,8-10,12H2,1-3H3,(H,27,28). The molecule has 0 bridgehead atoms. The van der Waals surface area contributed by atoms with E-state index in [2.05, 4.69) is 28.2 Å². The van der Waals surface area contributed by atoms with Gasteiger partial charge < -0.3 is 14.6 Å². The minimum absolute atomic E-state index is 0.273. The Morgan fingerprint density at radius 2 is 2.13 bits per heavy atom. The number of nitriles is 1. The van der Waals surface area contributed by atoms with Gasteiger partial charge in [-0.15, -0.1) is 0 Å². The van der Waals surface area contributed by atoms with Crippen molar-refractivity contribution in [2.45, 2.75) is 39.2 Å². The average molecular weight is 415 g/mol. The lowest BCUT2D eigenvalue weighted by Gasteiger charge is -2.29. The molecule has 0 atom stereocenters. The number of aromatic nitrogens is 2. The highest BCUT2D eigenvalue weighted by Crippen LogP contribution is 2.30. The van der Waals surface area contributed by atoms with E-state index in [1.165, 1.54) is 5.57 Å². The zero-order valence-corrected chi connectivity index (χ0v) is 18.1. The van der Waals surface area contributed by atoms with Crippen molar-refractivity contribution in [3.8, 4) is 6.07 Å². The van der Waals surface area contributed by atoms with Crippen LogP contribution in [0.25, 0.3) is 16.6 Å². The zero-order valence-electron chi connectivity index (χ0n) is 18.1. The molecule has 0 aliphatic carbocycles. The minimum Gasteiger partial charge on any atom is -0.444 e. The third kappa shape index (κ3) is 4.77. The summed E-state index contributed by atoms with van der Waals surface area (Å²) in [5.41, 5.74) is 5.52. The van der Waals surface area contributed by atoms with Gasteiger partial charge in [0, 0.05) is 36.4 Å². The summed E-state index contributed by atoms with van der Waals surface area (Å²) in [6, 6.07) is 12.0. The molecule has 0 saturated heterocycles. The normalized spacial score (nSPS) is 14.3. The predicted molar refractivity (Wildman–Crippen MR) is 120 cm³/mol. The van der Waals surface area contributed by atoms with Crippen LogP contribution in [0, 0.1) is 11.3 Å². The summed E-state index contributed by atoms with van der Waals surface area (Å²) in [5.74, 6) is 0. The van der Waals surface area contributed by atoms with Gasteiger partial charge in [0.15, 0.2) is 0 Å². The third-order valence-corrected chi connectivity index (χ3v) is 5.26. The largest absolute Gasteiger partial charge is 0.444 e. The van der Waals surface area contributed by atoms with E-state index < -0.39 is 5.60 Å². The number of benzene rings is 1. The molecule has 2 aromatic heterocycles. The lowest BCUT2D eigenvalue weighted by atomic mass is 9.98. The highest BCUT2D eigenvalue weighted by Gasteiger charge is 2.24. The Labute approximate surface area is 182 Å². The number of H-pyrrole nitrogens is 1. The van der Waals surface area contributed by atoms with E-state index in [0.717, 1.165) is 34.1 Å². The van der Waals surface area contributed by atoms with Crippen LogP contribution in [-0.2, 0) is 11.2 Å². The number of fused-ring (bicyclic) bond motifs is 1. The molecule has 1 aliphatic heterocycles. The summed E-state index contributed by atoms with van der Waals surface area (Å²) in [4.78, 5) is 21.9. The summed E-state index contributed by atoms with van der Waals surface area (Å²) >= 11 is 0. The second kappa shape index (κ2) is 8.27. The van der Waals surface area contributed by atoms with Crippen LogP contribution in [0.15, 0.2) is 48.8 Å². The van der Waals surface area contributed by atoms with Gasteiger partial charge in [-0.1, -0.05) is 18.2 Å². The summed E-state index contributed by atoms with van der Waals surface area (Å²) in [6.07, 6.45) is 7.17. The first-order valence-electron chi connectivity index (χ1n) is 10.4. The smallest absolute Gasteiger partial charge is 0.410 e. The topological polar surface area (TPSA) is 82.0 Å². The summed E-state index contributed by atoms with van der Waals surface area (Å²) < 4.78 is 5.48. The molecule has 3 heterocycles. The van der Waals surface area contributed by atoms with Crippen LogP contribution in [-0.4, -0.2) is 39.7 Å². The first-order valence-corrected chi connectivity index (χ1v) is 10.4. The molecule has 1 aromatic carbocycles. The Balaban J connectivity index is 1.54. The molecule has 1 N–H and O–H groups in total. The van der Waals surface area contributed by atoms with Crippen LogP contribution in [0.2, 0.25) is 0 Å². The summed E-state index contributed by atoms with van der Waals surface area (Å²) in [5, 5.41) is 10.2. The molecule has 0 fully saturated rings. The lowest BCUT2D eigenvalue weighted by Crippen LogP contribution is -2.39. The molecular weight excluding hydrogens is 388 g/mol. The first-order chi connectivity index (χ1) is 14.8. The van der Waals surface area contributed by atoms with Gasteiger partial charge in [-0.3, -0.25) is 0 Å². The van der Waals surface area contributed by atoms with Gasteiger partial charge in [0.25, 0.3) is 0 Å². The molecule has 4 rings (SSSR count). The van der Waals surface area contributed by atoms with E-state index in [4.69, 9.17) is 10.00 Å². The highest BCUT2D eigenvalue weighted by atomic mass is 16.6. The fourth-order valence-corrected chi connectivity index (χ4v) is 3.80. The van der Waals surface area contributed by atoms with E-state index in [1.54, 1.807) is 4.90 Å². The van der Waals surface area contributed by atoms with Crippen molar-refractivity contribution in [3.05, 3.63) is 71.1 Å². The first kappa shape index (κ1) is 20.7. The minimum atomic E-state index is -0.493. The van der Waals surface area contributed by atoms with E-state index >= 15 is 0 Å². The molecule has 6 heteroatoms. The Morgan fingerprint density at radius 3 is 2.84 bits per heavy atom. The van der Waals surface area contributed by atoms with Gasteiger partial charge in [0.1, 0.15) is 11.2 Å². The Morgan fingerprint density at radius 1 is 1.29 bits per heavy atom. The number of pyridine rings is 1. The number of carbonyl (C=O) groups is 1. The summed E-state index contributed by atoms with van der Waals surface area (Å²) in [7, 11) is 0. The van der Waals surface area contributed by atoms with Crippen LogP contribution in [0.4, 0.5) is 4.79 Å². The van der Waals surface area contributed by atoms with Gasteiger partial charge in [-0.2, -0.15) is 5.26 Å². The SMILES string of the molecule is CC(C)(C)OC(=O)N1CC=C(c2c[nH]c3ncc(Cc4cccc(C#N)c4)cc23)CC1. The zero-order chi connectivity index (χ0) is 22.0. The number of hydrogen-bond donors (Lipinski definition) is 1. The number of rotatable bonds is 3. The number of hydrogen-bond acceptors (Lipinski definition) is 4. The maximum absolute atomic E-state index is 12.3. The second-order valence-corrected chi connectivity index (χ2v) is 8.84. The van der Waals surface area contributed by atoms with Gasteiger partial charge in [-0.05, 0) is 68.5 Å². The van der Waals surface area contributed by atoms with E-state index in [-0.39, 0.29) is 6.09 Å². The van der Waals surface area contributed by atoms with Gasteiger partial charge in [-0.25, -0.2) is 9.78 Å². The molecule has 1 aliphatic rings. The quantitative estimate of drug-likeness (QED) is 0.650. The fraction of sp³-hybridized carbons (Fsp3) is 0.320. The predicted octanol–water partition coefficient (Wildman–Crippen LogP) is 5.05. The Hall–Kier alpha value is -3.59. The number of ether oxygens (including phenoxy) is 1. The van der Waals surface area contributed by atoms with Crippen molar-refractivity contribution < 1.29 is 9.53 Å². The van der Waals surface area contributed by atoms with Crippen molar-refractivity contribution in [2.75, 3.05) is 13.1 Å². The monoisotopic (exact) mass is 414 g/mol. The van der Waals surface area contributed by atoms with Crippen LogP contribution in [0.5, 0.6) is 0 Å². The van der Waals surface area contributed by atoms with Crippen molar-refractivity contribution in [2.24, 2.45) is 0 Å². The molecule has 0 radical (unpaired) electrons. The van der Waals surface area contributed by atoms with Crippen molar-refractivity contribution in [3.63, 3.8) is 0 Å². The lowest BCUT2D eigenvalue weighted by molar-refractivity contribution is 0.0270. The fourth-order valence-electron chi connectivity index (χ4n) is 3.80. The van der Waals surface area contributed by atoms with Crippen molar-refractivity contribution in [1.29, 1.82) is 5.26 Å². The van der Waals surface area contributed by atoms with Crippen LogP contribution < -0.4 is 0 Å². The molecule has 0 saturated carbocycles. The number of aromatic amines is 1. The number of amides is 1. The van der Waals surface area contributed by atoms with E-state index in [0.29, 0.717) is 25.1 Å². The van der Waals surface area contributed by atoms with Crippen molar-refractivity contribution >= 4 is 22.7 Å². The van der Waals surface area contributed by atoms with E-state index in [9.17, 15) is 4.79 Å². The van der Waals surface area contributed by atoms with Crippen LogP contribution in [0.3, 0.4) is 0 Å². The molecule has 1 amide bonds. The van der Waals surface area contributed by atoms with Crippen molar-refractivity contribution in [1.82, 2.24) is 14.9 Å². The Kier molecular flexibility index (Phi) is 5.51. The number of nitrogens with zero attached hydrogens (tertiary/aromatic N) is 3. The summed E-state index contributed by atoms with van der Waals surface area (Å²) in [6.45, 7) is 6.79. The van der Waals surface area contributed by atoms with Crippen LogP contribution >= 0.6 is 0 Å². The second-order valence-electron chi connectivity index (χ2n) is 8.84. The molecule has 158 valence electrons. The molecule has 3 aromatic rings. The highest BCUT2D eigenvalue weighted by molar-refractivity contribution is 5.91. The third-order valence-electron chi connectivity index (χ3n) is 5.26. The molecule has 0 spiro atoms. The van der Waals surface area contributed by atoms with Gasteiger partial charge >= 0.3 is 6.09 Å². The number of nitrogens with one attached hydrogen (secondary N) is 1. The van der Waals surface area contributed by atoms with Gasteiger partial charge in [0.05, 0.1) is 11.6 Å². The molecule has 6 nitrogen and oxygen atoms in total. The van der Waals surface area contributed by atoms with Gasteiger partial charge in [0.2, 0.25) is 0 Å². The molecule has 0 unspecified atom stereocenters. The maximum atomic E-state index is 12.3. The number of carbonyl (C=O) groups excluding carboxylic acids is 1. The Bertz CT molecular complexity index is 1190. The van der Waals surface area contributed by atoms with Crippen LogP contribution in [0.1, 0.15) is 49.4 Å². The van der Waals surface area contributed by atoms with E-state index in [1.807, 2.05) is 57.4 Å². The molecular formula is C25H26N4O2. The maximum Gasteiger partial charge on any atom is 0.410 e. The average Bonchev–Trinajstić information content (AvgIpc) is 3.16. The molecule has 31 heavy (non-hydrogen) atoms.